The van der Waals surface area contributed by atoms with Crippen molar-refractivity contribution in [3.8, 4) is 0 Å². The third-order valence-corrected chi connectivity index (χ3v) is 4.40. The lowest BCUT2D eigenvalue weighted by Crippen LogP contribution is -2.31. The summed E-state index contributed by atoms with van der Waals surface area (Å²) >= 11 is 1.49. The van der Waals surface area contributed by atoms with Gasteiger partial charge in [0, 0.05) is 4.88 Å². The van der Waals surface area contributed by atoms with E-state index in [2.05, 4.69) is 24.4 Å². The van der Waals surface area contributed by atoms with Crippen LogP contribution in [0.25, 0.3) is 0 Å². The molecule has 0 bridgehead atoms. The van der Waals surface area contributed by atoms with Crippen LogP contribution in [0.15, 0.2) is 41.8 Å². The number of nitrogens with one attached hydrogen (secondary N) is 1. The maximum Gasteiger partial charge on any atom is 0.311 e. The summed E-state index contributed by atoms with van der Waals surface area (Å²) in [6.07, 6.45) is 1.19. The minimum atomic E-state index is -0.387. The van der Waals surface area contributed by atoms with Crippen molar-refractivity contribution in [2.45, 2.75) is 32.7 Å². The monoisotopic (exact) mass is 331 g/mol. The lowest BCUT2D eigenvalue weighted by Gasteiger charge is -2.14. The molecule has 1 amide bonds. The van der Waals surface area contributed by atoms with Gasteiger partial charge in [-0.2, -0.15) is 0 Å². The van der Waals surface area contributed by atoms with Crippen molar-refractivity contribution in [3.05, 3.63) is 57.8 Å². The molecule has 5 heteroatoms. The summed E-state index contributed by atoms with van der Waals surface area (Å²) in [5, 5.41) is 4.74. The molecule has 4 nitrogen and oxygen atoms in total. The van der Waals surface area contributed by atoms with E-state index in [1.165, 1.54) is 16.9 Å². The first-order chi connectivity index (χ1) is 11.1. The van der Waals surface area contributed by atoms with E-state index in [0.717, 1.165) is 16.9 Å². The van der Waals surface area contributed by atoms with Gasteiger partial charge in [0.1, 0.15) is 0 Å². The van der Waals surface area contributed by atoms with Crippen LogP contribution in [-0.4, -0.2) is 18.5 Å². The molecule has 1 aromatic carbocycles. The van der Waals surface area contributed by atoms with Crippen LogP contribution in [0.4, 0.5) is 0 Å². The summed E-state index contributed by atoms with van der Waals surface area (Å²) in [4.78, 5) is 24.4. The molecule has 0 saturated heterocycles. The van der Waals surface area contributed by atoms with E-state index in [9.17, 15) is 9.59 Å². The highest BCUT2D eigenvalue weighted by Gasteiger charge is 2.12. The van der Waals surface area contributed by atoms with Crippen molar-refractivity contribution in [3.63, 3.8) is 0 Å². The standard InChI is InChI=1S/C18H21NO3S/c1-3-14-6-8-15(9-7-14)13(2)19-17(20)12-22-18(21)11-16-5-4-10-23-16/h4-10,13H,3,11-12H2,1-2H3,(H,19,20). The van der Waals surface area contributed by atoms with Gasteiger partial charge in [-0.25, -0.2) is 0 Å². The molecule has 1 aromatic heterocycles. The Bertz CT molecular complexity index is 635. The smallest absolute Gasteiger partial charge is 0.311 e. The number of esters is 1. The summed E-state index contributed by atoms with van der Waals surface area (Å²) in [5.74, 6) is -0.681. The number of rotatable bonds is 7. The Morgan fingerprint density at radius 1 is 1.22 bits per heavy atom. The number of aryl methyl sites for hydroxylation is 1. The molecular formula is C18H21NO3S. The number of thiophene rings is 1. The first kappa shape index (κ1) is 17.2. The van der Waals surface area contributed by atoms with Crippen molar-refractivity contribution in [1.82, 2.24) is 5.32 Å². The fraction of sp³-hybridized carbons (Fsp3) is 0.333. The Hall–Kier alpha value is -2.14. The molecule has 0 aliphatic rings. The molecule has 0 aliphatic heterocycles. The molecule has 1 heterocycles. The van der Waals surface area contributed by atoms with Crippen molar-refractivity contribution in [2.75, 3.05) is 6.61 Å². The molecule has 2 aromatic rings. The molecule has 1 N–H and O–H groups in total. The second-order valence-electron chi connectivity index (χ2n) is 5.30. The predicted octanol–water partition coefficient (Wildman–Crippen LogP) is 3.27. The number of hydrogen-bond acceptors (Lipinski definition) is 4. The topological polar surface area (TPSA) is 55.4 Å². The van der Waals surface area contributed by atoms with Crippen molar-refractivity contribution in [2.24, 2.45) is 0 Å². The number of benzene rings is 1. The van der Waals surface area contributed by atoms with E-state index in [0.29, 0.717) is 0 Å². The quantitative estimate of drug-likeness (QED) is 0.792. The summed E-state index contributed by atoms with van der Waals surface area (Å²) in [7, 11) is 0. The zero-order valence-electron chi connectivity index (χ0n) is 13.4. The predicted molar refractivity (Wildman–Crippen MR) is 91.4 cm³/mol. The average Bonchev–Trinajstić information content (AvgIpc) is 3.06. The van der Waals surface area contributed by atoms with E-state index in [-0.39, 0.29) is 30.9 Å². The minimum Gasteiger partial charge on any atom is -0.455 e. The first-order valence-electron chi connectivity index (χ1n) is 7.64. The highest BCUT2D eigenvalue weighted by Crippen LogP contribution is 2.14. The van der Waals surface area contributed by atoms with E-state index in [1.54, 1.807) is 0 Å². The van der Waals surface area contributed by atoms with Gasteiger partial charge in [-0.1, -0.05) is 37.3 Å². The SMILES string of the molecule is CCc1ccc(C(C)NC(=O)COC(=O)Cc2cccs2)cc1. The third-order valence-electron chi connectivity index (χ3n) is 3.53. The highest BCUT2D eigenvalue weighted by molar-refractivity contribution is 7.10. The molecule has 0 radical (unpaired) electrons. The number of hydrogen-bond donors (Lipinski definition) is 1. The minimum absolute atomic E-state index is 0.121. The Kier molecular flexibility index (Phi) is 6.35. The number of carbonyl (C=O) groups is 2. The van der Waals surface area contributed by atoms with Gasteiger partial charge in [-0.3, -0.25) is 9.59 Å². The van der Waals surface area contributed by atoms with Gasteiger partial charge >= 0.3 is 5.97 Å². The summed E-state index contributed by atoms with van der Waals surface area (Å²) < 4.78 is 5.01. The average molecular weight is 331 g/mol. The number of ether oxygens (including phenoxy) is 1. The maximum absolute atomic E-state index is 11.9. The fourth-order valence-corrected chi connectivity index (χ4v) is 2.85. The summed E-state index contributed by atoms with van der Waals surface area (Å²) in [6, 6.07) is 11.8. The van der Waals surface area contributed by atoms with E-state index in [1.807, 2.05) is 36.6 Å². The molecule has 23 heavy (non-hydrogen) atoms. The van der Waals surface area contributed by atoms with Crippen molar-refractivity contribution < 1.29 is 14.3 Å². The van der Waals surface area contributed by atoms with Gasteiger partial charge in [0.15, 0.2) is 6.61 Å². The van der Waals surface area contributed by atoms with Gasteiger partial charge in [-0.15, -0.1) is 11.3 Å². The van der Waals surface area contributed by atoms with Crippen LogP contribution in [0.5, 0.6) is 0 Å². The molecule has 1 atom stereocenters. The molecule has 0 fully saturated rings. The Balaban J connectivity index is 1.76. The van der Waals surface area contributed by atoms with Crippen LogP contribution in [0.2, 0.25) is 0 Å². The number of amides is 1. The molecule has 0 aliphatic carbocycles. The van der Waals surface area contributed by atoms with Crippen molar-refractivity contribution >= 4 is 23.2 Å². The molecular weight excluding hydrogens is 310 g/mol. The normalized spacial score (nSPS) is 11.7. The molecule has 0 saturated carbocycles. The van der Waals surface area contributed by atoms with E-state index in [4.69, 9.17) is 4.74 Å². The molecule has 0 spiro atoms. The third kappa shape index (κ3) is 5.53. The summed E-state index contributed by atoms with van der Waals surface area (Å²) in [5.41, 5.74) is 2.29. The fourth-order valence-electron chi connectivity index (χ4n) is 2.16. The van der Waals surface area contributed by atoms with E-state index < -0.39 is 0 Å². The molecule has 1 unspecified atom stereocenters. The summed E-state index contributed by atoms with van der Waals surface area (Å²) in [6.45, 7) is 3.76. The van der Waals surface area contributed by atoms with Crippen LogP contribution >= 0.6 is 11.3 Å². The van der Waals surface area contributed by atoms with Gasteiger partial charge in [0.05, 0.1) is 12.5 Å². The highest BCUT2D eigenvalue weighted by atomic mass is 32.1. The lowest BCUT2D eigenvalue weighted by atomic mass is 10.1. The Morgan fingerprint density at radius 2 is 1.96 bits per heavy atom. The molecule has 2 rings (SSSR count). The van der Waals surface area contributed by atoms with Crippen LogP contribution < -0.4 is 5.32 Å². The second kappa shape index (κ2) is 8.48. The van der Waals surface area contributed by atoms with Crippen LogP contribution in [0, 0.1) is 0 Å². The zero-order valence-corrected chi connectivity index (χ0v) is 14.2. The van der Waals surface area contributed by atoms with Gasteiger partial charge < -0.3 is 10.1 Å². The first-order valence-corrected chi connectivity index (χ1v) is 8.52. The Morgan fingerprint density at radius 3 is 2.57 bits per heavy atom. The van der Waals surface area contributed by atoms with Crippen LogP contribution in [-0.2, 0) is 27.2 Å². The molecule has 122 valence electrons. The Labute approximate surface area is 140 Å². The second-order valence-corrected chi connectivity index (χ2v) is 6.33. The van der Waals surface area contributed by atoms with Gasteiger partial charge in [-0.05, 0) is 35.9 Å². The maximum atomic E-state index is 11.9. The lowest BCUT2D eigenvalue weighted by molar-refractivity contribution is -0.148. The zero-order chi connectivity index (χ0) is 16.7. The van der Waals surface area contributed by atoms with Gasteiger partial charge in [0.2, 0.25) is 0 Å². The van der Waals surface area contributed by atoms with E-state index >= 15 is 0 Å². The largest absolute Gasteiger partial charge is 0.455 e. The van der Waals surface area contributed by atoms with Crippen molar-refractivity contribution in [1.29, 1.82) is 0 Å². The number of carbonyl (C=O) groups excluding carboxylic acids is 2. The van der Waals surface area contributed by atoms with Gasteiger partial charge in [0.25, 0.3) is 5.91 Å². The van der Waals surface area contributed by atoms with Crippen LogP contribution in [0.1, 0.15) is 35.9 Å². The van der Waals surface area contributed by atoms with Crippen LogP contribution in [0.3, 0.4) is 0 Å².